The Hall–Kier alpha value is -3.38. The van der Waals surface area contributed by atoms with E-state index in [9.17, 15) is 4.79 Å². The van der Waals surface area contributed by atoms with Crippen molar-refractivity contribution in [3.8, 4) is 17.1 Å². The summed E-state index contributed by atoms with van der Waals surface area (Å²) in [7, 11) is 1.64. The van der Waals surface area contributed by atoms with Gasteiger partial charge >= 0.3 is 5.97 Å². The molecule has 1 aliphatic rings. The van der Waals surface area contributed by atoms with Crippen molar-refractivity contribution in [3.05, 3.63) is 76.0 Å². The van der Waals surface area contributed by atoms with Crippen LogP contribution in [0, 0.1) is 0 Å². The number of nitrogens with zero attached hydrogens (tertiary/aromatic N) is 1. The third-order valence-corrected chi connectivity index (χ3v) is 7.05. The quantitative estimate of drug-likeness (QED) is 0.322. The number of rotatable bonds is 5. The molecule has 0 fully saturated rings. The zero-order chi connectivity index (χ0) is 22.8. The Kier molecular flexibility index (Phi) is 6.01. The Morgan fingerprint density at radius 1 is 1.09 bits per heavy atom. The number of benzene rings is 2. The van der Waals surface area contributed by atoms with Gasteiger partial charge in [0.05, 0.1) is 24.6 Å². The number of esters is 1. The van der Waals surface area contributed by atoms with Crippen LogP contribution in [0.1, 0.15) is 40.6 Å². The highest BCUT2D eigenvalue weighted by Gasteiger charge is 2.26. The van der Waals surface area contributed by atoms with Gasteiger partial charge in [0.15, 0.2) is 0 Å². The molecule has 33 heavy (non-hydrogen) atoms. The Morgan fingerprint density at radius 2 is 1.91 bits per heavy atom. The van der Waals surface area contributed by atoms with Gasteiger partial charge in [-0.05, 0) is 56.4 Å². The van der Waals surface area contributed by atoms with Crippen molar-refractivity contribution in [1.29, 1.82) is 0 Å². The zero-order valence-electron chi connectivity index (χ0n) is 18.7. The molecule has 0 spiro atoms. The van der Waals surface area contributed by atoms with Crippen LogP contribution in [0.15, 0.2) is 64.0 Å². The van der Waals surface area contributed by atoms with Crippen LogP contribution in [0.5, 0.6) is 5.75 Å². The smallest absolute Gasteiger partial charge is 0.341 e. The molecule has 0 atom stereocenters. The molecule has 0 bridgehead atoms. The molecule has 4 aromatic rings. The topological polar surface area (TPSA) is 61.0 Å². The van der Waals surface area contributed by atoms with Crippen LogP contribution in [-0.2, 0) is 17.6 Å². The molecule has 1 aliphatic carbocycles. The summed E-state index contributed by atoms with van der Waals surface area (Å²) < 4.78 is 17.1. The second-order valence-corrected chi connectivity index (χ2v) is 9.03. The number of carbonyl (C=O) groups is 1. The number of fused-ring (bicyclic) bond motifs is 2. The van der Waals surface area contributed by atoms with Crippen molar-refractivity contribution in [2.45, 2.75) is 32.6 Å². The van der Waals surface area contributed by atoms with Crippen molar-refractivity contribution in [3.63, 3.8) is 0 Å². The van der Waals surface area contributed by atoms with E-state index in [4.69, 9.17) is 18.9 Å². The van der Waals surface area contributed by atoms with E-state index < -0.39 is 0 Å². The van der Waals surface area contributed by atoms with E-state index in [2.05, 4.69) is 0 Å². The third kappa shape index (κ3) is 4.18. The number of carbonyl (C=O) groups excluding carboxylic acids is 1. The lowest BCUT2D eigenvalue weighted by atomic mass is 9.95. The molecule has 0 saturated carbocycles. The van der Waals surface area contributed by atoms with Gasteiger partial charge in [-0.25, -0.2) is 9.79 Å². The second kappa shape index (κ2) is 9.24. The third-order valence-electron chi connectivity index (χ3n) is 5.86. The largest absolute Gasteiger partial charge is 0.497 e. The average Bonchev–Trinajstić information content (AvgIpc) is 3.22. The Morgan fingerprint density at radius 3 is 2.70 bits per heavy atom. The van der Waals surface area contributed by atoms with Crippen LogP contribution in [-0.4, -0.2) is 19.7 Å². The molecule has 0 amide bonds. The highest BCUT2D eigenvalue weighted by Crippen LogP contribution is 2.40. The first kappa shape index (κ1) is 21.5. The maximum Gasteiger partial charge on any atom is 0.341 e. The lowest BCUT2D eigenvalue weighted by molar-refractivity contribution is 0.0526. The van der Waals surface area contributed by atoms with Gasteiger partial charge < -0.3 is 13.9 Å². The minimum Gasteiger partial charge on any atom is -0.497 e. The predicted molar refractivity (Wildman–Crippen MR) is 130 cm³/mol. The molecule has 0 radical (unpaired) electrons. The van der Waals surface area contributed by atoms with Crippen molar-refractivity contribution < 1.29 is 18.7 Å². The minimum absolute atomic E-state index is 0.290. The molecule has 168 valence electrons. The van der Waals surface area contributed by atoms with Crippen LogP contribution in [0.3, 0.4) is 0 Å². The maximum atomic E-state index is 12.9. The first-order valence-electron chi connectivity index (χ1n) is 11.2. The van der Waals surface area contributed by atoms with Crippen molar-refractivity contribution >= 4 is 33.3 Å². The molecule has 0 aliphatic heterocycles. The molecule has 2 aromatic carbocycles. The van der Waals surface area contributed by atoms with Crippen molar-refractivity contribution in [2.24, 2.45) is 4.99 Å². The van der Waals surface area contributed by atoms with E-state index in [-0.39, 0.29) is 5.97 Å². The summed E-state index contributed by atoms with van der Waals surface area (Å²) in [4.78, 5) is 19.2. The highest BCUT2D eigenvalue weighted by atomic mass is 32.1. The lowest BCUT2D eigenvalue weighted by Crippen LogP contribution is -2.10. The molecule has 5 rings (SSSR count). The summed E-state index contributed by atoms with van der Waals surface area (Å²) in [5.41, 5.74) is 3.39. The van der Waals surface area contributed by atoms with Crippen LogP contribution in [0.2, 0.25) is 0 Å². The van der Waals surface area contributed by atoms with Gasteiger partial charge in [-0.15, -0.1) is 11.3 Å². The monoisotopic (exact) mass is 459 g/mol. The van der Waals surface area contributed by atoms with E-state index >= 15 is 0 Å². The first-order valence-corrected chi connectivity index (χ1v) is 12.0. The fourth-order valence-electron chi connectivity index (χ4n) is 4.27. The molecular weight excluding hydrogens is 434 g/mol. The standard InChI is InChI=1S/C27H25NO4S/c1-3-31-27(29)25-19-11-7-8-12-24(19)33-26(25)28-21-16-23(17-9-5-4-6-10-17)32-22-14-13-18(30-2)15-20(21)22/h4-6,9-10,13-16H,3,7-8,11-12H2,1-2H3. The molecule has 5 nitrogen and oxygen atoms in total. The van der Waals surface area contributed by atoms with Gasteiger partial charge in [-0.2, -0.15) is 0 Å². The highest BCUT2D eigenvalue weighted by molar-refractivity contribution is 7.16. The van der Waals surface area contributed by atoms with Gasteiger partial charge in [-0.1, -0.05) is 30.3 Å². The predicted octanol–water partition coefficient (Wildman–Crippen LogP) is 6.46. The van der Waals surface area contributed by atoms with E-state index in [1.807, 2.05) is 61.5 Å². The zero-order valence-corrected chi connectivity index (χ0v) is 19.5. The van der Waals surface area contributed by atoms with E-state index in [0.717, 1.165) is 53.3 Å². The summed E-state index contributed by atoms with van der Waals surface area (Å²) in [5, 5.41) is 2.27. The number of methoxy groups -OCH3 is 1. The molecule has 2 aromatic heterocycles. The Bertz CT molecular complexity index is 1380. The first-order chi connectivity index (χ1) is 16.2. The van der Waals surface area contributed by atoms with Gasteiger partial charge in [-0.3, -0.25) is 0 Å². The molecule has 0 N–H and O–H groups in total. The number of ether oxygens (including phenoxy) is 2. The van der Waals surface area contributed by atoms with Crippen LogP contribution >= 0.6 is 11.3 Å². The van der Waals surface area contributed by atoms with Crippen molar-refractivity contribution in [2.75, 3.05) is 13.7 Å². The van der Waals surface area contributed by atoms with Gasteiger partial charge in [0.2, 0.25) is 0 Å². The molecular formula is C27H25NO4S. The van der Waals surface area contributed by atoms with E-state index in [1.165, 1.54) is 4.88 Å². The summed E-state index contributed by atoms with van der Waals surface area (Å²) in [5.74, 6) is 1.14. The number of aryl methyl sites for hydroxylation is 1. The van der Waals surface area contributed by atoms with E-state index in [1.54, 1.807) is 18.4 Å². The van der Waals surface area contributed by atoms with Gasteiger partial charge in [0.25, 0.3) is 0 Å². The lowest BCUT2D eigenvalue weighted by Gasteiger charge is -2.11. The number of thiophene rings is 1. The number of hydrogen-bond donors (Lipinski definition) is 0. The maximum absolute atomic E-state index is 12.9. The molecule has 6 heteroatoms. The van der Waals surface area contributed by atoms with Crippen molar-refractivity contribution in [1.82, 2.24) is 0 Å². The summed E-state index contributed by atoms with van der Waals surface area (Å²) in [6, 6.07) is 17.6. The summed E-state index contributed by atoms with van der Waals surface area (Å²) >= 11 is 1.60. The molecule has 0 unspecified atom stereocenters. The number of hydrogen-bond acceptors (Lipinski definition) is 6. The van der Waals surface area contributed by atoms with Crippen LogP contribution < -0.4 is 10.1 Å². The second-order valence-electron chi connectivity index (χ2n) is 7.95. The molecule has 2 heterocycles. The normalized spacial score (nSPS) is 13.7. The fraction of sp³-hybridized carbons (Fsp3) is 0.259. The van der Waals surface area contributed by atoms with Gasteiger partial charge in [0.1, 0.15) is 22.1 Å². The minimum atomic E-state index is -0.290. The fourth-order valence-corrected chi connectivity index (χ4v) is 5.53. The average molecular weight is 460 g/mol. The van der Waals surface area contributed by atoms with E-state index in [0.29, 0.717) is 28.5 Å². The molecule has 0 saturated heterocycles. The van der Waals surface area contributed by atoms with Crippen LogP contribution in [0.4, 0.5) is 5.00 Å². The SMILES string of the molecule is CCOC(=O)c1c(N=c2cc(-c3ccccc3)oc3ccc(OC)cc23)sc2c1CCCC2. The van der Waals surface area contributed by atoms with Crippen LogP contribution in [0.25, 0.3) is 22.3 Å². The Labute approximate surface area is 196 Å². The van der Waals surface area contributed by atoms with Gasteiger partial charge in [0, 0.05) is 21.9 Å². The summed E-state index contributed by atoms with van der Waals surface area (Å²) in [6.45, 7) is 2.17. The summed E-state index contributed by atoms with van der Waals surface area (Å²) in [6.07, 6.45) is 4.09. The Balaban J connectivity index is 1.78.